The lowest BCUT2D eigenvalue weighted by Gasteiger charge is -2.23. The molecule has 1 fully saturated rings. The highest BCUT2D eigenvalue weighted by Crippen LogP contribution is 2.32. The second-order valence-corrected chi connectivity index (χ2v) is 6.05. The van der Waals surface area contributed by atoms with Gasteiger partial charge in [0.25, 0.3) is 5.91 Å². The fourth-order valence-corrected chi connectivity index (χ4v) is 3.40. The molecule has 4 rings (SSSR count). The molecule has 1 aromatic carbocycles. The number of benzene rings is 1. The van der Waals surface area contributed by atoms with Gasteiger partial charge in [0.05, 0.1) is 18.8 Å². The van der Waals surface area contributed by atoms with E-state index in [1.165, 1.54) is 0 Å². The average Bonchev–Trinajstić information content (AvgIpc) is 3.28. The third-order valence-electron chi connectivity index (χ3n) is 4.60. The number of hydrogen-bond donors (Lipinski definition) is 1. The van der Waals surface area contributed by atoms with Gasteiger partial charge in [0.1, 0.15) is 11.4 Å². The number of fused-ring (bicyclic) bond motifs is 1. The first kappa shape index (κ1) is 14.8. The Bertz CT molecular complexity index is 873. The highest BCUT2D eigenvalue weighted by molar-refractivity contribution is 5.98. The smallest absolute Gasteiger partial charge is 0.270 e. The number of ether oxygens (including phenoxy) is 1. The van der Waals surface area contributed by atoms with Crippen LogP contribution in [0.1, 0.15) is 35.1 Å². The molecule has 1 atom stereocenters. The van der Waals surface area contributed by atoms with Gasteiger partial charge in [-0.1, -0.05) is 6.07 Å². The first-order valence-corrected chi connectivity index (χ1v) is 8.15. The van der Waals surface area contributed by atoms with Crippen LogP contribution in [-0.2, 0) is 0 Å². The van der Waals surface area contributed by atoms with E-state index in [9.17, 15) is 4.79 Å². The van der Waals surface area contributed by atoms with Crippen molar-refractivity contribution in [3.05, 3.63) is 60.0 Å². The molecule has 0 radical (unpaired) electrons. The lowest BCUT2D eigenvalue weighted by atomic mass is 10.1. The predicted molar refractivity (Wildman–Crippen MR) is 92.1 cm³/mol. The molecular weight excluding hydrogens is 302 g/mol. The maximum absolute atomic E-state index is 13.0. The van der Waals surface area contributed by atoms with Crippen molar-refractivity contribution in [3.8, 4) is 5.75 Å². The zero-order chi connectivity index (χ0) is 16.5. The third-order valence-corrected chi connectivity index (χ3v) is 4.60. The quantitative estimate of drug-likeness (QED) is 0.802. The number of rotatable bonds is 3. The van der Waals surface area contributed by atoms with E-state index in [1.54, 1.807) is 13.3 Å². The Kier molecular flexibility index (Phi) is 3.69. The largest absolute Gasteiger partial charge is 0.497 e. The van der Waals surface area contributed by atoms with Crippen LogP contribution in [0.3, 0.4) is 0 Å². The molecule has 0 bridgehead atoms. The zero-order valence-electron chi connectivity index (χ0n) is 13.5. The minimum atomic E-state index is 0.0262. The van der Waals surface area contributed by atoms with Crippen molar-refractivity contribution in [1.29, 1.82) is 0 Å². The van der Waals surface area contributed by atoms with Gasteiger partial charge in [0, 0.05) is 23.6 Å². The molecule has 3 heterocycles. The van der Waals surface area contributed by atoms with E-state index in [1.807, 2.05) is 47.4 Å². The van der Waals surface area contributed by atoms with E-state index in [0.29, 0.717) is 5.69 Å². The molecule has 1 aliphatic rings. The number of nitrogens with one attached hydrogen (secondary N) is 1. The van der Waals surface area contributed by atoms with Gasteiger partial charge >= 0.3 is 0 Å². The molecule has 1 unspecified atom stereocenters. The van der Waals surface area contributed by atoms with Crippen molar-refractivity contribution >= 4 is 16.8 Å². The van der Waals surface area contributed by atoms with Crippen LogP contribution in [0.4, 0.5) is 0 Å². The predicted octanol–water partition coefficient (Wildman–Crippen LogP) is 3.55. The zero-order valence-corrected chi connectivity index (χ0v) is 13.5. The Morgan fingerprint density at radius 3 is 3.00 bits per heavy atom. The first-order valence-electron chi connectivity index (χ1n) is 8.15. The molecule has 5 nitrogen and oxygen atoms in total. The summed E-state index contributed by atoms with van der Waals surface area (Å²) in [5, 5.41) is 0.978. The summed E-state index contributed by atoms with van der Waals surface area (Å²) in [7, 11) is 1.64. The molecule has 0 aliphatic carbocycles. The monoisotopic (exact) mass is 321 g/mol. The van der Waals surface area contributed by atoms with E-state index in [-0.39, 0.29) is 11.9 Å². The maximum Gasteiger partial charge on any atom is 0.270 e. The minimum absolute atomic E-state index is 0.0262. The highest BCUT2D eigenvalue weighted by atomic mass is 16.5. The first-order chi connectivity index (χ1) is 11.8. The van der Waals surface area contributed by atoms with Crippen molar-refractivity contribution in [3.63, 3.8) is 0 Å². The van der Waals surface area contributed by atoms with Crippen LogP contribution in [0.5, 0.6) is 5.75 Å². The molecule has 1 N–H and O–H groups in total. The Morgan fingerprint density at radius 1 is 1.29 bits per heavy atom. The number of aromatic nitrogens is 2. The Morgan fingerprint density at radius 2 is 2.21 bits per heavy atom. The Labute approximate surface area is 140 Å². The normalized spacial score (nSPS) is 17.4. The molecular formula is C19H19N3O2. The van der Waals surface area contributed by atoms with Gasteiger partial charge in [-0.05, 0) is 49.2 Å². The lowest BCUT2D eigenvalue weighted by Crippen LogP contribution is -2.31. The van der Waals surface area contributed by atoms with E-state index in [0.717, 1.165) is 41.7 Å². The lowest BCUT2D eigenvalue weighted by molar-refractivity contribution is 0.0728. The summed E-state index contributed by atoms with van der Waals surface area (Å²) >= 11 is 0. The SMILES string of the molecule is COc1ccc2[nH]c(C(=O)N3CCCC3c3ccccn3)cc2c1. The van der Waals surface area contributed by atoms with E-state index >= 15 is 0 Å². The number of methoxy groups -OCH3 is 1. The molecule has 3 aromatic rings. The fraction of sp³-hybridized carbons (Fsp3) is 0.263. The molecule has 5 heteroatoms. The van der Waals surface area contributed by atoms with Crippen LogP contribution >= 0.6 is 0 Å². The van der Waals surface area contributed by atoms with Gasteiger partial charge in [-0.25, -0.2) is 0 Å². The minimum Gasteiger partial charge on any atom is -0.497 e. The van der Waals surface area contributed by atoms with Crippen molar-refractivity contribution in [1.82, 2.24) is 14.9 Å². The number of likely N-dealkylation sites (tertiary alicyclic amines) is 1. The number of hydrogen-bond acceptors (Lipinski definition) is 3. The van der Waals surface area contributed by atoms with Gasteiger partial charge in [0.2, 0.25) is 0 Å². The molecule has 0 saturated carbocycles. The number of carbonyl (C=O) groups excluding carboxylic acids is 1. The van der Waals surface area contributed by atoms with Crippen LogP contribution in [-0.4, -0.2) is 34.4 Å². The second-order valence-electron chi connectivity index (χ2n) is 6.05. The second kappa shape index (κ2) is 6.00. The summed E-state index contributed by atoms with van der Waals surface area (Å²) in [6.45, 7) is 0.763. The number of pyridine rings is 1. The molecule has 0 spiro atoms. The van der Waals surface area contributed by atoms with Crippen LogP contribution in [0.25, 0.3) is 10.9 Å². The van der Waals surface area contributed by atoms with E-state index < -0.39 is 0 Å². The maximum atomic E-state index is 13.0. The molecule has 122 valence electrons. The van der Waals surface area contributed by atoms with Crippen LogP contribution in [0, 0.1) is 0 Å². The van der Waals surface area contributed by atoms with E-state index in [2.05, 4.69) is 9.97 Å². The van der Waals surface area contributed by atoms with Crippen molar-refractivity contribution in [2.75, 3.05) is 13.7 Å². The standard InChI is InChI=1S/C19H19N3O2/c1-24-14-7-8-15-13(11-14)12-17(21-15)19(23)22-10-4-6-18(22)16-5-2-3-9-20-16/h2-3,5,7-9,11-12,18,21H,4,6,10H2,1H3. The third kappa shape index (κ3) is 2.52. The number of H-pyrrole nitrogens is 1. The molecule has 24 heavy (non-hydrogen) atoms. The van der Waals surface area contributed by atoms with Crippen LogP contribution in [0.2, 0.25) is 0 Å². The molecule has 1 saturated heterocycles. The van der Waals surface area contributed by atoms with Gasteiger partial charge in [-0.3, -0.25) is 9.78 Å². The number of nitrogens with zero attached hydrogens (tertiary/aromatic N) is 2. The average molecular weight is 321 g/mol. The molecule has 1 amide bonds. The molecule has 2 aromatic heterocycles. The molecule has 1 aliphatic heterocycles. The van der Waals surface area contributed by atoms with Crippen LogP contribution in [0.15, 0.2) is 48.7 Å². The van der Waals surface area contributed by atoms with Crippen LogP contribution < -0.4 is 4.74 Å². The van der Waals surface area contributed by atoms with Gasteiger partial charge in [-0.2, -0.15) is 0 Å². The van der Waals surface area contributed by atoms with Gasteiger partial charge in [0.15, 0.2) is 0 Å². The van der Waals surface area contributed by atoms with Crippen molar-refractivity contribution in [2.24, 2.45) is 0 Å². The summed E-state index contributed by atoms with van der Waals surface area (Å²) in [6.07, 6.45) is 3.74. The van der Waals surface area contributed by atoms with Gasteiger partial charge in [-0.15, -0.1) is 0 Å². The highest BCUT2D eigenvalue weighted by Gasteiger charge is 2.32. The summed E-state index contributed by atoms with van der Waals surface area (Å²) < 4.78 is 5.25. The van der Waals surface area contributed by atoms with Crippen molar-refractivity contribution < 1.29 is 9.53 Å². The topological polar surface area (TPSA) is 58.2 Å². The Hall–Kier alpha value is -2.82. The summed E-state index contributed by atoms with van der Waals surface area (Å²) in [6, 6.07) is 13.6. The summed E-state index contributed by atoms with van der Waals surface area (Å²) in [4.78, 5) is 22.6. The Balaban J connectivity index is 1.65. The van der Waals surface area contributed by atoms with Gasteiger partial charge < -0.3 is 14.6 Å². The number of amides is 1. The fourth-order valence-electron chi connectivity index (χ4n) is 3.40. The number of carbonyl (C=O) groups is 1. The summed E-state index contributed by atoms with van der Waals surface area (Å²) in [5.41, 5.74) is 2.51. The summed E-state index contributed by atoms with van der Waals surface area (Å²) in [5.74, 6) is 0.811. The number of aromatic amines is 1. The van der Waals surface area contributed by atoms with Crippen molar-refractivity contribution in [2.45, 2.75) is 18.9 Å². The van der Waals surface area contributed by atoms with E-state index in [4.69, 9.17) is 4.74 Å².